The van der Waals surface area contributed by atoms with Gasteiger partial charge in [0, 0.05) is 41.7 Å². The summed E-state index contributed by atoms with van der Waals surface area (Å²) in [4.78, 5) is 54.7. The van der Waals surface area contributed by atoms with Gasteiger partial charge in [0.25, 0.3) is 0 Å². The molecule has 4 rings (SSSR count). The van der Waals surface area contributed by atoms with Crippen LogP contribution < -0.4 is 21.7 Å². The largest absolute Gasteiger partial charge is 0.467 e. The third-order valence-corrected chi connectivity index (χ3v) is 7.11. The molecule has 0 saturated heterocycles. The summed E-state index contributed by atoms with van der Waals surface area (Å²) < 4.78 is 4.91. The highest BCUT2D eigenvalue weighted by Crippen LogP contribution is 2.28. The van der Waals surface area contributed by atoms with Crippen LogP contribution in [0.2, 0.25) is 0 Å². The number of aromatic nitrogens is 1. The molecule has 10 nitrogen and oxygen atoms in total. The minimum absolute atomic E-state index is 0.198. The molecular formula is C30H36N5O5. The number of ether oxygens (including phenoxy) is 1. The number of allylic oxidation sites excluding steroid dienone is 1. The van der Waals surface area contributed by atoms with Gasteiger partial charge >= 0.3 is 5.97 Å². The first-order chi connectivity index (χ1) is 19.3. The zero-order valence-corrected chi connectivity index (χ0v) is 22.8. The third-order valence-electron chi connectivity index (χ3n) is 7.11. The molecule has 1 radical (unpaired) electrons. The summed E-state index contributed by atoms with van der Waals surface area (Å²) in [5.74, 6) is -1.98. The first-order valence-electron chi connectivity index (χ1n) is 13.6. The Balaban J connectivity index is 1.74. The number of carbonyl (C=O) groups excluding carboxylic acids is 4. The molecule has 1 aromatic heterocycles. The van der Waals surface area contributed by atoms with Crippen LogP contribution in [0.1, 0.15) is 43.7 Å². The second kappa shape index (κ2) is 13.3. The van der Waals surface area contributed by atoms with E-state index in [0.717, 1.165) is 32.9 Å². The Morgan fingerprint density at radius 1 is 0.975 bits per heavy atom. The topological polar surface area (TPSA) is 153 Å². The standard InChI is InChI=1S/C30H36N5O5/c1-18(36)32-27-17-20-11-13-24-22(16-20)21-15-19(10-12-23(21)33-24)7-3-4-9-26(30(39)40-2)35-28(37)25(34-29(27)38)8-5-6-14-31/h3-4,10-13,15-16,25-27,31,33H,5-9,14,17H2,1-2H3,(H,32,36)(H,34,38)(H,35,37)/b4-3+/t25-,26-,27?/m0/s1. The molecule has 0 aliphatic carbocycles. The molecule has 0 saturated carbocycles. The van der Waals surface area contributed by atoms with Crippen molar-refractivity contribution in [2.24, 2.45) is 0 Å². The average Bonchev–Trinajstić information content (AvgIpc) is 3.29. The molecule has 1 aliphatic rings. The highest BCUT2D eigenvalue weighted by Gasteiger charge is 2.29. The number of benzene rings is 2. The zero-order valence-electron chi connectivity index (χ0n) is 22.8. The number of amides is 3. The molecule has 4 bridgehead atoms. The smallest absolute Gasteiger partial charge is 0.328 e. The molecular weight excluding hydrogens is 510 g/mol. The summed E-state index contributed by atoms with van der Waals surface area (Å²) >= 11 is 0. The number of rotatable bonds is 6. The van der Waals surface area contributed by atoms with Gasteiger partial charge in [0.1, 0.15) is 18.1 Å². The van der Waals surface area contributed by atoms with Crippen molar-refractivity contribution >= 4 is 45.5 Å². The van der Waals surface area contributed by atoms with Crippen LogP contribution in [-0.2, 0) is 36.8 Å². The highest BCUT2D eigenvalue weighted by atomic mass is 16.5. The summed E-state index contributed by atoms with van der Waals surface area (Å²) in [6, 6.07) is 9.31. The molecule has 5 N–H and O–H groups in total. The van der Waals surface area contributed by atoms with Crippen LogP contribution in [0, 0.1) is 0 Å². The molecule has 1 aliphatic heterocycles. The van der Waals surface area contributed by atoms with Crippen molar-refractivity contribution in [3.05, 3.63) is 59.7 Å². The second-order valence-electron chi connectivity index (χ2n) is 10.1. The first-order valence-corrected chi connectivity index (χ1v) is 13.6. The van der Waals surface area contributed by atoms with Crippen LogP contribution >= 0.6 is 0 Å². The van der Waals surface area contributed by atoms with Crippen LogP contribution in [0.4, 0.5) is 0 Å². The Kier molecular flexibility index (Phi) is 9.55. The van der Waals surface area contributed by atoms with Crippen LogP contribution in [0.3, 0.4) is 0 Å². The lowest BCUT2D eigenvalue weighted by atomic mass is 10.00. The van der Waals surface area contributed by atoms with Crippen molar-refractivity contribution in [3.8, 4) is 0 Å². The van der Waals surface area contributed by atoms with Crippen molar-refractivity contribution < 1.29 is 23.9 Å². The number of esters is 1. The fourth-order valence-electron chi connectivity index (χ4n) is 5.03. The monoisotopic (exact) mass is 546 g/mol. The Morgan fingerprint density at radius 2 is 1.68 bits per heavy atom. The molecule has 3 atom stereocenters. The molecule has 40 heavy (non-hydrogen) atoms. The fourth-order valence-corrected chi connectivity index (χ4v) is 5.03. The minimum Gasteiger partial charge on any atom is -0.467 e. The Morgan fingerprint density at radius 3 is 2.35 bits per heavy atom. The van der Waals surface area contributed by atoms with E-state index in [1.165, 1.54) is 14.0 Å². The van der Waals surface area contributed by atoms with Gasteiger partial charge in [-0.3, -0.25) is 20.1 Å². The first kappa shape index (κ1) is 28.8. The van der Waals surface area contributed by atoms with Gasteiger partial charge in [-0.1, -0.05) is 24.3 Å². The Labute approximate surface area is 233 Å². The lowest BCUT2D eigenvalue weighted by molar-refractivity contribution is -0.145. The average molecular weight is 547 g/mol. The lowest BCUT2D eigenvalue weighted by Crippen LogP contribution is -2.56. The van der Waals surface area contributed by atoms with Gasteiger partial charge < -0.3 is 25.7 Å². The van der Waals surface area contributed by atoms with Crippen LogP contribution in [0.25, 0.3) is 21.8 Å². The van der Waals surface area contributed by atoms with Crippen molar-refractivity contribution in [2.45, 2.75) is 63.6 Å². The molecule has 10 heteroatoms. The predicted octanol–water partition coefficient (Wildman–Crippen LogP) is 2.47. The SMILES string of the molecule is COC(=O)[C@@H]1C/C=C/Cc2ccc3[nH]c4ccc(cc4c3c2)CC(NC(C)=O)C(=O)N[C@@H](CCCC[NH])C(=O)N1. The maximum absolute atomic E-state index is 13.5. The number of carbonyl (C=O) groups is 4. The van der Waals surface area contributed by atoms with E-state index in [-0.39, 0.29) is 31.7 Å². The van der Waals surface area contributed by atoms with Gasteiger partial charge in [0.15, 0.2) is 0 Å². The maximum Gasteiger partial charge on any atom is 0.328 e. The summed E-state index contributed by atoms with van der Waals surface area (Å²) in [6.45, 7) is 1.54. The van der Waals surface area contributed by atoms with E-state index >= 15 is 0 Å². The van der Waals surface area contributed by atoms with E-state index in [0.29, 0.717) is 19.3 Å². The van der Waals surface area contributed by atoms with Gasteiger partial charge in [0.05, 0.1) is 7.11 Å². The van der Waals surface area contributed by atoms with Crippen molar-refractivity contribution in [1.82, 2.24) is 26.7 Å². The molecule has 3 aromatic rings. The molecule has 3 amide bonds. The maximum atomic E-state index is 13.5. The van der Waals surface area contributed by atoms with Crippen molar-refractivity contribution in [2.75, 3.05) is 13.7 Å². The van der Waals surface area contributed by atoms with E-state index < -0.39 is 35.9 Å². The summed E-state index contributed by atoms with van der Waals surface area (Å²) in [5, 5.41) is 10.3. The summed E-state index contributed by atoms with van der Waals surface area (Å²) in [5.41, 5.74) is 11.3. The van der Waals surface area contributed by atoms with E-state index in [2.05, 4.69) is 27.0 Å². The van der Waals surface area contributed by atoms with E-state index in [4.69, 9.17) is 10.5 Å². The van der Waals surface area contributed by atoms with Crippen molar-refractivity contribution in [3.63, 3.8) is 0 Å². The van der Waals surface area contributed by atoms with Gasteiger partial charge in [-0.05, 0) is 67.5 Å². The quantitative estimate of drug-likeness (QED) is 0.213. The molecule has 2 heterocycles. The number of aromatic amines is 1. The summed E-state index contributed by atoms with van der Waals surface area (Å²) in [7, 11) is 1.26. The molecule has 1 unspecified atom stereocenters. The predicted molar refractivity (Wildman–Crippen MR) is 152 cm³/mol. The van der Waals surface area contributed by atoms with E-state index in [1.807, 2.05) is 42.5 Å². The van der Waals surface area contributed by atoms with E-state index in [1.54, 1.807) is 0 Å². The minimum atomic E-state index is -0.947. The number of methoxy groups -OCH3 is 1. The Hall–Kier alpha value is -4.18. The highest BCUT2D eigenvalue weighted by molar-refractivity contribution is 6.07. The second-order valence-corrected chi connectivity index (χ2v) is 10.1. The van der Waals surface area contributed by atoms with Crippen LogP contribution in [0.15, 0.2) is 48.6 Å². The lowest BCUT2D eigenvalue weighted by Gasteiger charge is -2.24. The van der Waals surface area contributed by atoms with E-state index in [9.17, 15) is 19.2 Å². The number of nitrogens with one attached hydrogen (secondary N) is 5. The summed E-state index contributed by atoms with van der Waals surface area (Å²) in [6.07, 6.45) is 6.26. The molecule has 211 valence electrons. The normalized spacial score (nSPS) is 21.1. The van der Waals surface area contributed by atoms with Gasteiger partial charge in [-0.25, -0.2) is 4.79 Å². The molecule has 0 spiro atoms. The molecule has 2 aromatic carbocycles. The van der Waals surface area contributed by atoms with Crippen LogP contribution in [-0.4, -0.2) is 60.5 Å². The number of hydrogen-bond donors (Lipinski definition) is 4. The van der Waals surface area contributed by atoms with Crippen molar-refractivity contribution in [1.29, 1.82) is 0 Å². The fraction of sp³-hybridized carbons (Fsp3) is 0.400. The number of H-pyrrole nitrogens is 1. The van der Waals surface area contributed by atoms with Gasteiger partial charge in [-0.15, -0.1) is 0 Å². The van der Waals surface area contributed by atoms with Gasteiger partial charge in [-0.2, -0.15) is 0 Å². The van der Waals surface area contributed by atoms with Gasteiger partial charge in [0.2, 0.25) is 17.7 Å². The number of unbranched alkanes of at least 4 members (excludes halogenated alkanes) is 1. The molecule has 0 fully saturated rings. The third kappa shape index (κ3) is 7.06. The Bertz CT molecular complexity index is 1430. The zero-order chi connectivity index (χ0) is 28.6. The number of hydrogen-bond acceptors (Lipinski definition) is 5. The number of fused-ring (bicyclic) bond motifs is 2. The van der Waals surface area contributed by atoms with Crippen LogP contribution in [0.5, 0.6) is 0 Å².